The highest BCUT2D eigenvalue weighted by atomic mass is 16.5. The minimum Gasteiger partial charge on any atom is -0.480 e. The fourth-order valence-corrected chi connectivity index (χ4v) is 3.09. The van der Waals surface area contributed by atoms with Gasteiger partial charge in [0.2, 0.25) is 11.8 Å². The summed E-state index contributed by atoms with van der Waals surface area (Å²) in [5.41, 5.74) is 1.83. The van der Waals surface area contributed by atoms with E-state index in [2.05, 4.69) is 20.2 Å². The van der Waals surface area contributed by atoms with Crippen molar-refractivity contribution >= 4 is 16.9 Å². The quantitative estimate of drug-likeness (QED) is 0.699. The van der Waals surface area contributed by atoms with E-state index >= 15 is 0 Å². The predicted molar refractivity (Wildman–Crippen MR) is 97.7 cm³/mol. The van der Waals surface area contributed by atoms with E-state index in [1.807, 2.05) is 24.3 Å². The summed E-state index contributed by atoms with van der Waals surface area (Å²) in [6.45, 7) is 1.14. The molecule has 1 unspecified atom stereocenters. The molecule has 8 heteroatoms. The lowest BCUT2D eigenvalue weighted by Crippen LogP contribution is -2.44. The number of methoxy groups -OCH3 is 1. The number of amides is 1. The highest BCUT2D eigenvalue weighted by Gasteiger charge is 2.27. The third kappa shape index (κ3) is 3.79. The Labute approximate surface area is 156 Å². The molecule has 0 spiro atoms. The summed E-state index contributed by atoms with van der Waals surface area (Å²) in [7, 11) is 1.53. The molecule has 1 aliphatic heterocycles. The van der Waals surface area contributed by atoms with Gasteiger partial charge in [0.15, 0.2) is 0 Å². The van der Waals surface area contributed by atoms with E-state index in [0.29, 0.717) is 36.1 Å². The number of carbonyl (C=O) groups is 1. The fraction of sp³-hybridized carbons (Fsp3) is 0.316. The van der Waals surface area contributed by atoms with Crippen molar-refractivity contribution in [2.45, 2.75) is 18.9 Å². The van der Waals surface area contributed by atoms with Gasteiger partial charge in [0.05, 0.1) is 30.9 Å². The Morgan fingerprint density at radius 3 is 2.67 bits per heavy atom. The number of hydrogen-bond donors (Lipinski definition) is 0. The maximum absolute atomic E-state index is 12.8. The molecule has 0 N–H and O–H groups in total. The predicted octanol–water partition coefficient (Wildman–Crippen LogP) is 2.11. The number of para-hydroxylation sites is 2. The van der Waals surface area contributed by atoms with Crippen LogP contribution in [-0.2, 0) is 0 Å². The summed E-state index contributed by atoms with van der Waals surface area (Å²) in [4.78, 5) is 23.4. The van der Waals surface area contributed by atoms with Gasteiger partial charge in [0.25, 0.3) is 5.91 Å². The van der Waals surface area contributed by atoms with Crippen LogP contribution < -0.4 is 9.47 Å². The zero-order valence-electron chi connectivity index (χ0n) is 14.9. The lowest BCUT2D eigenvalue weighted by molar-refractivity contribution is 0.0520. The molecule has 27 heavy (non-hydrogen) atoms. The second kappa shape index (κ2) is 7.53. The van der Waals surface area contributed by atoms with Gasteiger partial charge < -0.3 is 14.4 Å². The molecule has 1 atom stereocenters. The highest BCUT2D eigenvalue weighted by molar-refractivity contribution is 5.93. The van der Waals surface area contributed by atoms with Crippen molar-refractivity contribution < 1.29 is 14.3 Å². The molecule has 0 saturated carbocycles. The van der Waals surface area contributed by atoms with Crippen molar-refractivity contribution in [3.63, 3.8) is 0 Å². The van der Waals surface area contributed by atoms with Crippen molar-refractivity contribution in [2.24, 2.45) is 0 Å². The summed E-state index contributed by atoms with van der Waals surface area (Å²) < 4.78 is 10.9. The first-order chi connectivity index (χ1) is 13.2. The largest absolute Gasteiger partial charge is 0.480 e. The number of benzene rings is 1. The average Bonchev–Trinajstić information content (AvgIpc) is 2.73. The maximum atomic E-state index is 12.8. The molecule has 4 rings (SSSR count). The van der Waals surface area contributed by atoms with Crippen LogP contribution in [0.1, 0.15) is 23.3 Å². The Kier molecular flexibility index (Phi) is 4.78. The van der Waals surface area contributed by atoms with Crippen molar-refractivity contribution in [3.8, 4) is 11.8 Å². The van der Waals surface area contributed by atoms with Crippen molar-refractivity contribution in [1.29, 1.82) is 0 Å². The summed E-state index contributed by atoms with van der Waals surface area (Å²) >= 11 is 0. The number of nitrogens with zero attached hydrogens (tertiary/aromatic N) is 5. The maximum Gasteiger partial charge on any atom is 0.274 e. The summed E-state index contributed by atoms with van der Waals surface area (Å²) in [6.07, 6.45) is 3.09. The monoisotopic (exact) mass is 365 g/mol. The van der Waals surface area contributed by atoms with Gasteiger partial charge in [-0.1, -0.05) is 12.1 Å². The summed E-state index contributed by atoms with van der Waals surface area (Å²) in [5, 5.41) is 7.88. The molecule has 138 valence electrons. The number of ether oxygens (including phenoxy) is 2. The van der Waals surface area contributed by atoms with Crippen LogP contribution >= 0.6 is 0 Å². The van der Waals surface area contributed by atoms with E-state index in [4.69, 9.17) is 9.47 Å². The molecule has 1 aliphatic rings. The van der Waals surface area contributed by atoms with Crippen LogP contribution in [0.15, 0.2) is 42.6 Å². The van der Waals surface area contributed by atoms with Crippen molar-refractivity contribution in [2.75, 3.05) is 20.2 Å². The summed E-state index contributed by atoms with van der Waals surface area (Å²) in [6, 6.07) is 10.9. The molecule has 1 amide bonds. The second-order valence-corrected chi connectivity index (χ2v) is 6.29. The number of likely N-dealkylation sites (tertiary alicyclic amines) is 1. The van der Waals surface area contributed by atoms with Gasteiger partial charge >= 0.3 is 0 Å². The molecule has 1 saturated heterocycles. The molecular formula is C19H19N5O3. The average molecular weight is 365 g/mol. The lowest BCUT2D eigenvalue weighted by Gasteiger charge is -2.32. The van der Waals surface area contributed by atoms with Crippen LogP contribution in [0.5, 0.6) is 11.8 Å². The van der Waals surface area contributed by atoms with Crippen LogP contribution in [0.3, 0.4) is 0 Å². The number of rotatable bonds is 4. The minimum atomic E-state index is -0.140. The van der Waals surface area contributed by atoms with Gasteiger partial charge in [-0.05, 0) is 25.0 Å². The van der Waals surface area contributed by atoms with Crippen LogP contribution in [-0.4, -0.2) is 57.3 Å². The molecule has 0 bridgehead atoms. The van der Waals surface area contributed by atoms with E-state index in [9.17, 15) is 4.79 Å². The molecule has 1 aromatic carbocycles. The fourth-order valence-electron chi connectivity index (χ4n) is 3.09. The van der Waals surface area contributed by atoms with Crippen LogP contribution in [0.4, 0.5) is 0 Å². The van der Waals surface area contributed by atoms with E-state index < -0.39 is 0 Å². The van der Waals surface area contributed by atoms with Gasteiger partial charge in [-0.3, -0.25) is 9.78 Å². The number of fused-ring (bicyclic) bond motifs is 1. The van der Waals surface area contributed by atoms with Gasteiger partial charge in [-0.2, -0.15) is 0 Å². The molecule has 3 aromatic rings. The first-order valence-corrected chi connectivity index (χ1v) is 8.78. The standard InChI is InChI=1S/C19H19N5O3/c1-26-17-8-9-18(23-22-17)27-13-5-4-10-24(12-13)19(25)16-11-20-14-6-2-3-7-15(14)21-16/h2-3,6-9,11,13H,4-5,10,12H2,1H3. The molecule has 2 aromatic heterocycles. The second-order valence-electron chi connectivity index (χ2n) is 6.29. The molecule has 0 aliphatic carbocycles. The number of aromatic nitrogens is 4. The van der Waals surface area contributed by atoms with E-state index in [1.165, 1.54) is 13.3 Å². The molecule has 3 heterocycles. The number of piperidine rings is 1. The van der Waals surface area contributed by atoms with E-state index in [1.54, 1.807) is 17.0 Å². The minimum absolute atomic E-state index is 0.137. The van der Waals surface area contributed by atoms with E-state index in [0.717, 1.165) is 18.4 Å². The van der Waals surface area contributed by atoms with Gasteiger partial charge in [0, 0.05) is 18.7 Å². The van der Waals surface area contributed by atoms with Crippen molar-refractivity contribution in [3.05, 3.63) is 48.3 Å². The van der Waals surface area contributed by atoms with Gasteiger partial charge in [-0.15, -0.1) is 10.2 Å². The Morgan fingerprint density at radius 1 is 1.11 bits per heavy atom. The van der Waals surface area contributed by atoms with Gasteiger partial charge in [0.1, 0.15) is 11.8 Å². The summed E-state index contributed by atoms with van der Waals surface area (Å²) in [5.74, 6) is 0.709. The Hall–Kier alpha value is -3.29. The zero-order valence-corrected chi connectivity index (χ0v) is 14.9. The normalized spacial score (nSPS) is 16.9. The van der Waals surface area contributed by atoms with Crippen LogP contribution in [0, 0.1) is 0 Å². The van der Waals surface area contributed by atoms with Crippen molar-refractivity contribution in [1.82, 2.24) is 25.1 Å². The smallest absolute Gasteiger partial charge is 0.274 e. The molecule has 0 radical (unpaired) electrons. The topological polar surface area (TPSA) is 90.3 Å². The Balaban J connectivity index is 1.45. The SMILES string of the molecule is COc1ccc(OC2CCCN(C(=O)c3cnc4ccccc4n3)C2)nn1. The van der Waals surface area contributed by atoms with E-state index in [-0.39, 0.29) is 12.0 Å². The molecule has 8 nitrogen and oxygen atoms in total. The van der Waals surface area contributed by atoms with Crippen LogP contribution in [0.25, 0.3) is 11.0 Å². The Bertz CT molecular complexity index is 947. The first kappa shape index (κ1) is 17.1. The highest BCUT2D eigenvalue weighted by Crippen LogP contribution is 2.19. The first-order valence-electron chi connectivity index (χ1n) is 8.78. The lowest BCUT2D eigenvalue weighted by atomic mass is 10.1. The van der Waals surface area contributed by atoms with Crippen LogP contribution in [0.2, 0.25) is 0 Å². The zero-order chi connectivity index (χ0) is 18.6. The molecular weight excluding hydrogens is 346 g/mol. The van der Waals surface area contributed by atoms with Gasteiger partial charge in [-0.25, -0.2) is 4.98 Å². The molecule has 1 fully saturated rings. The third-order valence-corrected chi connectivity index (χ3v) is 4.45. The third-order valence-electron chi connectivity index (χ3n) is 4.45. The Morgan fingerprint density at radius 2 is 1.89 bits per heavy atom. The number of hydrogen-bond acceptors (Lipinski definition) is 7. The number of carbonyl (C=O) groups excluding carboxylic acids is 1.